The summed E-state index contributed by atoms with van der Waals surface area (Å²) in [4.78, 5) is 4.13. The number of halogens is 1. The molecule has 3 aromatic rings. The van der Waals surface area contributed by atoms with Crippen LogP contribution in [0.5, 0.6) is 0 Å². The first-order chi connectivity index (χ1) is 9.13. The van der Waals surface area contributed by atoms with E-state index in [2.05, 4.69) is 4.98 Å². The number of nitrogens with zero attached hydrogens (tertiary/aromatic N) is 1. The van der Waals surface area contributed by atoms with Gasteiger partial charge >= 0.3 is 0 Å². The van der Waals surface area contributed by atoms with Gasteiger partial charge in [-0.05, 0) is 37.3 Å². The third-order valence-electron chi connectivity index (χ3n) is 3.02. The second-order valence-corrected chi connectivity index (χ2v) is 4.47. The molecule has 3 rings (SSSR count). The van der Waals surface area contributed by atoms with Crippen LogP contribution in [-0.4, -0.2) is 10.1 Å². The third-order valence-corrected chi connectivity index (χ3v) is 3.02. The summed E-state index contributed by atoms with van der Waals surface area (Å²) < 4.78 is 18.6. The van der Waals surface area contributed by atoms with Crippen molar-refractivity contribution in [3.63, 3.8) is 0 Å². The van der Waals surface area contributed by atoms with Gasteiger partial charge in [-0.3, -0.25) is 4.98 Å². The van der Waals surface area contributed by atoms with E-state index in [1.54, 1.807) is 24.4 Å². The van der Waals surface area contributed by atoms with Gasteiger partial charge in [-0.2, -0.15) is 0 Å². The highest BCUT2D eigenvalue weighted by Gasteiger charge is 2.16. The van der Waals surface area contributed by atoms with E-state index < -0.39 is 6.10 Å². The molecule has 4 heteroatoms. The van der Waals surface area contributed by atoms with Gasteiger partial charge in [0.2, 0.25) is 0 Å². The highest BCUT2D eigenvalue weighted by Crippen LogP contribution is 2.28. The molecule has 0 aliphatic heterocycles. The van der Waals surface area contributed by atoms with Gasteiger partial charge in [0.15, 0.2) is 0 Å². The van der Waals surface area contributed by atoms with Crippen molar-refractivity contribution >= 4 is 11.0 Å². The van der Waals surface area contributed by atoms with Gasteiger partial charge < -0.3 is 9.52 Å². The molecular formula is C15H12FNO2. The van der Waals surface area contributed by atoms with Crippen molar-refractivity contribution in [3.05, 3.63) is 65.4 Å². The van der Waals surface area contributed by atoms with Crippen LogP contribution in [0.1, 0.15) is 23.1 Å². The van der Waals surface area contributed by atoms with E-state index in [0.717, 1.165) is 5.69 Å². The van der Waals surface area contributed by atoms with Crippen molar-refractivity contribution in [2.24, 2.45) is 0 Å². The Balaban J connectivity index is 2.01. The van der Waals surface area contributed by atoms with Crippen LogP contribution in [0.15, 0.2) is 47.0 Å². The summed E-state index contributed by atoms with van der Waals surface area (Å²) in [5.74, 6) is 0.0533. The molecule has 0 fully saturated rings. The lowest BCUT2D eigenvalue weighted by molar-refractivity contribution is 0.192. The summed E-state index contributed by atoms with van der Waals surface area (Å²) >= 11 is 0. The molecule has 1 unspecified atom stereocenters. The topological polar surface area (TPSA) is 46.3 Å². The van der Waals surface area contributed by atoms with E-state index in [4.69, 9.17) is 4.42 Å². The third kappa shape index (κ3) is 2.22. The Morgan fingerprint density at radius 1 is 1.21 bits per heavy atom. The maximum atomic E-state index is 13.1. The Morgan fingerprint density at radius 2 is 2.05 bits per heavy atom. The van der Waals surface area contributed by atoms with Crippen molar-refractivity contribution in [1.82, 2.24) is 4.98 Å². The molecule has 0 amide bonds. The number of aromatic nitrogens is 1. The standard InChI is InChI=1S/C15H12FNO2/c1-9-2-3-10(8-17-9)15(18)14-7-11-6-12(16)4-5-13(11)19-14/h2-8,15,18H,1H3. The van der Waals surface area contributed by atoms with E-state index in [1.165, 1.54) is 12.1 Å². The summed E-state index contributed by atoms with van der Waals surface area (Å²) in [6.45, 7) is 1.88. The van der Waals surface area contributed by atoms with E-state index >= 15 is 0 Å². The van der Waals surface area contributed by atoms with Gasteiger partial charge in [-0.25, -0.2) is 4.39 Å². The van der Waals surface area contributed by atoms with E-state index in [9.17, 15) is 9.50 Å². The average molecular weight is 257 g/mol. The van der Waals surface area contributed by atoms with Gasteiger partial charge in [0.05, 0.1) is 0 Å². The van der Waals surface area contributed by atoms with Gasteiger partial charge in [-0.15, -0.1) is 0 Å². The van der Waals surface area contributed by atoms with Gasteiger partial charge in [-0.1, -0.05) is 6.07 Å². The smallest absolute Gasteiger partial charge is 0.138 e. The largest absolute Gasteiger partial charge is 0.458 e. The molecule has 2 aromatic heterocycles. The van der Waals surface area contributed by atoms with Gasteiger partial charge in [0, 0.05) is 22.8 Å². The molecule has 0 radical (unpaired) electrons. The van der Waals surface area contributed by atoms with Crippen LogP contribution in [0.2, 0.25) is 0 Å². The molecule has 0 bridgehead atoms. The molecule has 3 nitrogen and oxygen atoms in total. The minimum Gasteiger partial charge on any atom is -0.458 e. The fourth-order valence-electron chi connectivity index (χ4n) is 1.97. The molecule has 2 heterocycles. The lowest BCUT2D eigenvalue weighted by Crippen LogP contribution is -1.98. The predicted octanol–water partition coefficient (Wildman–Crippen LogP) is 3.36. The first-order valence-electron chi connectivity index (χ1n) is 5.93. The van der Waals surface area contributed by atoms with Crippen molar-refractivity contribution in [1.29, 1.82) is 0 Å². The SMILES string of the molecule is Cc1ccc(C(O)c2cc3cc(F)ccc3o2)cn1. The van der Waals surface area contributed by atoms with Crippen LogP contribution in [0.4, 0.5) is 4.39 Å². The summed E-state index contributed by atoms with van der Waals surface area (Å²) in [5, 5.41) is 10.9. The lowest BCUT2D eigenvalue weighted by Gasteiger charge is -2.07. The molecule has 0 spiro atoms. The van der Waals surface area contributed by atoms with Crippen LogP contribution in [0.25, 0.3) is 11.0 Å². The molecule has 1 atom stereocenters. The molecule has 96 valence electrons. The minimum absolute atomic E-state index is 0.327. The zero-order chi connectivity index (χ0) is 13.4. The summed E-state index contributed by atoms with van der Waals surface area (Å²) in [6.07, 6.45) is 0.705. The van der Waals surface area contributed by atoms with E-state index in [0.29, 0.717) is 22.3 Å². The van der Waals surface area contributed by atoms with Crippen molar-refractivity contribution in [3.8, 4) is 0 Å². The van der Waals surface area contributed by atoms with Gasteiger partial charge in [0.1, 0.15) is 23.3 Å². The predicted molar refractivity (Wildman–Crippen MR) is 69.2 cm³/mol. The Labute approximate surface area is 109 Å². The van der Waals surface area contributed by atoms with Crippen LogP contribution in [0, 0.1) is 12.7 Å². The monoisotopic (exact) mass is 257 g/mol. The minimum atomic E-state index is -0.899. The number of fused-ring (bicyclic) bond motifs is 1. The Kier molecular flexibility index (Phi) is 2.80. The number of hydrogen-bond acceptors (Lipinski definition) is 3. The van der Waals surface area contributed by atoms with Crippen molar-refractivity contribution < 1.29 is 13.9 Å². The molecule has 1 aromatic carbocycles. The van der Waals surface area contributed by atoms with Gasteiger partial charge in [0.25, 0.3) is 0 Å². The van der Waals surface area contributed by atoms with Crippen molar-refractivity contribution in [2.45, 2.75) is 13.0 Å². The number of aliphatic hydroxyl groups is 1. The fraction of sp³-hybridized carbons (Fsp3) is 0.133. The summed E-state index contributed by atoms with van der Waals surface area (Å²) in [5.41, 5.74) is 2.07. The molecule has 19 heavy (non-hydrogen) atoms. The Hall–Kier alpha value is -2.20. The molecule has 0 aliphatic rings. The molecular weight excluding hydrogens is 245 g/mol. The number of benzene rings is 1. The van der Waals surface area contributed by atoms with Crippen LogP contribution in [-0.2, 0) is 0 Å². The highest BCUT2D eigenvalue weighted by molar-refractivity contribution is 5.78. The molecule has 1 N–H and O–H groups in total. The highest BCUT2D eigenvalue weighted by atomic mass is 19.1. The number of aliphatic hydroxyl groups excluding tert-OH is 1. The second kappa shape index (κ2) is 4.48. The van der Waals surface area contributed by atoms with Crippen molar-refractivity contribution in [2.75, 3.05) is 0 Å². The molecule has 0 saturated heterocycles. The maximum absolute atomic E-state index is 13.1. The summed E-state index contributed by atoms with van der Waals surface area (Å²) in [7, 11) is 0. The van der Waals surface area contributed by atoms with E-state index in [-0.39, 0.29) is 5.82 Å². The zero-order valence-electron chi connectivity index (χ0n) is 10.3. The van der Waals surface area contributed by atoms with E-state index in [1.807, 2.05) is 13.0 Å². The maximum Gasteiger partial charge on any atom is 0.138 e. The average Bonchev–Trinajstić information content (AvgIpc) is 2.81. The lowest BCUT2D eigenvalue weighted by atomic mass is 10.1. The summed E-state index contributed by atoms with van der Waals surface area (Å²) in [6, 6.07) is 9.51. The zero-order valence-corrected chi connectivity index (χ0v) is 10.3. The normalized spacial score (nSPS) is 12.8. The van der Waals surface area contributed by atoms with Crippen LogP contribution < -0.4 is 0 Å². The first-order valence-corrected chi connectivity index (χ1v) is 5.93. The Morgan fingerprint density at radius 3 is 2.79 bits per heavy atom. The number of pyridine rings is 1. The fourth-order valence-corrected chi connectivity index (χ4v) is 1.97. The van der Waals surface area contributed by atoms with Crippen LogP contribution in [0.3, 0.4) is 0 Å². The number of rotatable bonds is 2. The first kappa shape index (κ1) is 11.9. The number of hydrogen-bond donors (Lipinski definition) is 1. The molecule has 0 saturated carbocycles. The quantitative estimate of drug-likeness (QED) is 0.765. The second-order valence-electron chi connectivity index (χ2n) is 4.47. The van der Waals surface area contributed by atoms with Crippen LogP contribution >= 0.6 is 0 Å². The molecule has 0 aliphatic carbocycles. The number of aryl methyl sites for hydroxylation is 1. The Bertz CT molecular complexity index is 719. The number of furan rings is 1.